The number of imidazole rings is 1. The molecule has 90 valence electrons. The van der Waals surface area contributed by atoms with E-state index in [0.717, 1.165) is 22.7 Å². The lowest BCUT2D eigenvalue weighted by Crippen LogP contribution is -2.02. The van der Waals surface area contributed by atoms with Crippen LogP contribution in [0.4, 0.5) is 0 Å². The topological polar surface area (TPSA) is 56.2 Å². The maximum Gasteiger partial charge on any atom is 0.164 e. The highest BCUT2D eigenvalue weighted by molar-refractivity contribution is 5.74. The van der Waals surface area contributed by atoms with Gasteiger partial charge in [0.25, 0.3) is 0 Å². The van der Waals surface area contributed by atoms with Crippen LogP contribution in [-0.2, 0) is 6.54 Å². The van der Waals surface area contributed by atoms with Gasteiger partial charge in [0.2, 0.25) is 0 Å². The van der Waals surface area contributed by atoms with E-state index in [1.54, 1.807) is 6.20 Å². The van der Waals surface area contributed by atoms with Crippen LogP contribution in [0.2, 0.25) is 0 Å². The van der Waals surface area contributed by atoms with Crippen molar-refractivity contribution in [1.29, 1.82) is 0 Å². The summed E-state index contributed by atoms with van der Waals surface area (Å²) in [6.45, 7) is 2.47. The highest BCUT2D eigenvalue weighted by Gasteiger charge is 2.12. The monoisotopic (exact) mass is 238 g/mol. The van der Waals surface area contributed by atoms with Crippen LogP contribution in [0, 0.1) is 6.92 Å². The van der Waals surface area contributed by atoms with Crippen LogP contribution in [-0.4, -0.2) is 14.4 Å². The Morgan fingerprint density at radius 1 is 1.22 bits per heavy atom. The van der Waals surface area contributed by atoms with Crippen molar-refractivity contribution in [3.05, 3.63) is 54.1 Å². The van der Waals surface area contributed by atoms with Gasteiger partial charge in [-0.05, 0) is 13.0 Å². The summed E-state index contributed by atoms with van der Waals surface area (Å²) in [5, 5.41) is 0. The Morgan fingerprint density at radius 3 is 2.72 bits per heavy atom. The van der Waals surface area contributed by atoms with Crippen molar-refractivity contribution >= 4 is 5.65 Å². The molecule has 0 amide bonds. The molecular formula is C14H14N4. The number of fused-ring (bicyclic) bond motifs is 1. The number of hydrogen-bond donors (Lipinski definition) is 1. The molecule has 0 aliphatic carbocycles. The lowest BCUT2D eigenvalue weighted by atomic mass is 10.1. The molecule has 2 aromatic heterocycles. The molecule has 2 heterocycles. The van der Waals surface area contributed by atoms with E-state index in [9.17, 15) is 0 Å². The highest BCUT2D eigenvalue weighted by atomic mass is 15.1. The minimum atomic E-state index is 0.402. The summed E-state index contributed by atoms with van der Waals surface area (Å²) >= 11 is 0. The van der Waals surface area contributed by atoms with Gasteiger partial charge in [-0.15, -0.1) is 0 Å². The number of rotatable bonds is 2. The standard InChI is InChI=1S/C14H14N4/c1-10-3-5-11(6-4-10)13-14-16-7-2-8-18(14)12(9-15)17-13/h2-8H,9,15H2,1H3. The van der Waals surface area contributed by atoms with Gasteiger partial charge in [0.15, 0.2) is 5.65 Å². The Balaban J connectivity index is 2.26. The average Bonchev–Trinajstić information content (AvgIpc) is 2.79. The predicted octanol–water partition coefficient (Wildman–Crippen LogP) is 2.16. The SMILES string of the molecule is Cc1ccc(-c2nc(CN)n3cccnc23)cc1. The predicted molar refractivity (Wildman–Crippen MR) is 71.1 cm³/mol. The smallest absolute Gasteiger partial charge is 0.164 e. The molecule has 1 aromatic carbocycles. The van der Waals surface area contributed by atoms with E-state index < -0.39 is 0 Å². The minimum Gasteiger partial charge on any atom is -0.324 e. The molecule has 18 heavy (non-hydrogen) atoms. The number of nitrogens with zero attached hydrogens (tertiary/aromatic N) is 3. The number of nitrogens with two attached hydrogens (primary N) is 1. The summed E-state index contributed by atoms with van der Waals surface area (Å²) in [5.74, 6) is 0.827. The zero-order valence-electron chi connectivity index (χ0n) is 10.2. The molecule has 4 heteroatoms. The first-order valence-electron chi connectivity index (χ1n) is 5.88. The molecule has 3 rings (SSSR count). The molecule has 0 aliphatic heterocycles. The zero-order valence-corrected chi connectivity index (χ0v) is 10.2. The van der Waals surface area contributed by atoms with Crippen LogP contribution in [0.5, 0.6) is 0 Å². The highest BCUT2D eigenvalue weighted by Crippen LogP contribution is 2.23. The van der Waals surface area contributed by atoms with Crippen LogP contribution in [0.3, 0.4) is 0 Å². The molecular weight excluding hydrogens is 224 g/mol. The van der Waals surface area contributed by atoms with Crippen LogP contribution in [0.25, 0.3) is 16.9 Å². The maximum atomic E-state index is 5.72. The van der Waals surface area contributed by atoms with Crippen molar-refractivity contribution in [3.8, 4) is 11.3 Å². The second-order valence-corrected chi connectivity index (χ2v) is 4.26. The molecule has 0 fully saturated rings. The third kappa shape index (κ3) is 1.67. The second kappa shape index (κ2) is 4.23. The average molecular weight is 238 g/mol. The van der Waals surface area contributed by atoms with E-state index in [4.69, 9.17) is 5.73 Å². The van der Waals surface area contributed by atoms with E-state index in [-0.39, 0.29) is 0 Å². The molecule has 0 spiro atoms. The molecule has 0 saturated carbocycles. The Labute approximate surface area is 105 Å². The molecule has 3 aromatic rings. The van der Waals surface area contributed by atoms with Crippen LogP contribution >= 0.6 is 0 Å². The summed E-state index contributed by atoms with van der Waals surface area (Å²) < 4.78 is 1.94. The van der Waals surface area contributed by atoms with E-state index >= 15 is 0 Å². The summed E-state index contributed by atoms with van der Waals surface area (Å²) in [6.07, 6.45) is 3.71. The molecule has 0 aliphatic rings. The van der Waals surface area contributed by atoms with Gasteiger partial charge in [-0.3, -0.25) is 4.40 Å². The quantitative estimate of drug-likeness (QED) is 0.744. The van der Waals surface area contributed by atoms with Crippen molar-refractivity contribution in [3.63, 3.8) is 0 Å². The van der Waals surface area contributed by atoms with Gasteiger partial charge in [-0.2, -0.15) is 0 Å². The number of hydrogen-bond acceptors (Lipinski definition) is 3. The number of aryl methyl sites for hydroxylation is 1. The normalized spacial score (nSPS) is 11.0. The third-order valence-corrected chi connectivity index (χ3v) is 2.98. The first-order valence-corrected chi connectivity index (χ1v) is 5.88. The van der Waals surface area contributed by atoms with Gasteiger partial charge in [0.1, 0.15) is 11.5 Å². The summed E-state index contributed by atoms with van der Waals surface area (Å²) in [4.78, 5) is 8.98. The first-order chi connectivity index (χ1) is 8.79. The first kappa shape index (κ1) is 10.9. The van der Waals surface area contributed by atoms with Crippen molar-refractivity contribution in [2.75, 3.05) is 0 Å². The Bertz CT molecular complexity index is 683. The number of benzene rings is 1. The summed E-state index contributed by atoms with van der Waals surface area (Å²) in [7, 11) is 0. The second-order valence-electron chi connectivity index (χ2n) is 4.26. The van der Waals surface area contributed by atoms with E-state index in [1.807, 2.05) is 16.7 Å². The summed E-state index contributed by atoms with van der Waals surface area (Å²) in [6, 6.07) is 10.2. The van der Waals surface area contributed by atoms with Crippen LogP contribution in [0.1, 0.15) is 11.4 Å². The molecule has 0 unspecified atom stereocenters. The fraction of sp³-hybridized carbons (Fsp3) is 0.143. The summed E-state index contributed by atoms with van der Waals surface area (Å²) in [5.41, 5.74) is 9.75. The van der Waals surface area contributed by atoms with E-state index in [2.05, 4.69) is 41.2 Å². The third-order valence-electron chi connectivity index (χ3n) is 2.98. The maximum absolute atomic E-state index is 5.72. The lowest BCUT2D eigenvalue weighted by Gasteiger charge is -1.98. The molecule has 0 radical (unpaired) electrons. The Hall–Kier alpha value is -2.20. The van der Waals surface area contributed by atoms with Gasteiger partial charge in [0.05, 0.1) is 6.54 Å². The Morgan fingerprint density at radius 2 is 2.00 bits per heavy atom. The zero-order chi connectivity index (χ0) is 12.5. The van der Waals surface area contributed by atoms with Crippen molar-refractivity contribution in [2.45, 2.75) is 13.5 Å². The fourth-order valence-corrected chi connectivity index (χ4v) is 2.04. The van der Waals surface area contributed by atoms with Gasteiger partial charge < -0.3 is 5.73 Å². The molecule has 4 nitrogen and oxygen atoms in total. The minimum absolute atomic E-state index is 0.402. The van der Waals surface area contributed by atoms with Crippen LogP contribution < -0.4 is 5.73 Å². The van der Waals surface area contributed by atoms with Crippen molar-refractivity contribution in [2.24, 2.45) is 5.73 Å². The van der Waals surface area contributed by atoms with Gasteiger partial charge >= 0.3 is 0 Å². The van der Waals surface area contributed by atoms with Gasteiger partial charge in [-0.1, -0.05) is 29.8 Å². The Kier molecular flexibility index (Phi) is 2.57. The van der Waals surface area contributed by atoms with Crippen LogP contribution in [0.15, 0.2) is 42.7 Å². The molecule has 0 atom stereocenters. The largest absolute Gasteiger partial charge is 0.324 e. The number of aromatic nitrogens is 3. The van der Waals surface area contributed by atoms with Gasteiger partial charge in [0, 0.05) is 18.0 Å². The van der Waals surface area contributed by atoms with Crippen molar-refractivity contribution in [1.82, 2.24) is 14.4 Å². The molecule has 2 N–H and O–H groups in total. The fourth-order valence-electron chi connectivity index (χ4n) is 2.04. The molecule has 0 saturated heterocycles. The molecule has 0 bridgehead atoms. The van der Waals surface area contributed by atoms with Gasteiger partial charge in [-0.25, -0.2) is 9.97 Å². The van der Waals surface area contributed by atoms with E-state index in [0.29, 0.717) is 6.54 Å². The van der Waals surface area contributed by atoms with Crippen molar-refractivity contribution < 1.29 is 0 Å². The van der Waals surface area contributed by atoms with E-state index in [1.165, 1.54) is 5.56 Å². The lowest BCUT2D eigenvalue weighted by molar-refractivity contribution is 0.897.